The minimum Gasteiger partial charge on any atom is -0.383 e. The highest BCUT2D eigenvalue weighted by Crippen LogP contribution is 2.40. The van der Waals surface area contributed by atoms with Crippen molar-refractivity contribution in [3.8, 4) is 11.8 Å². The van der Waals surface area contributed by atoms with Gasteiger partial charge in [-0.2, -0.15) is 0 Å². The summed E-state index contributed by atoms with van der Waals surface area (Å²) in [5.41, 5.74) is 3.09. The van der Waals surface area contributed by atoms with E-state index in [0.29, 0.717) is 11.8 Å². The minimum absolute atomic E-state index is 0.0992. The molecule has 20 heavy (non-hydrogen) atoms. The van der Waals surface area contributed by atoms with Crippen molar-refractivity contribution in [3.63, 3.8) is 0 Å². The second-order valence-electron chi connectivity index (χ2n) is 5.86. The molecule has 1 saturated carbocycles. The number of hydrogen-bond acceptors (Lipinski definition) is 1. The Bertz CT molecular complexity index is 499. The van der Waals surface area contributed by atoms with Crippen LogP contribution in [0, 0.1) is 23.7 Å². The molecule has 0 heterocycles. The van der Waals surface area contributed by atoms with E-state index in [1.165, 1.54) is 24.8 Å². The lowest BCUT2D eigenvalue weighted by molar-refractivity contribution is 0.190. The Morgan fingerprint density at radius 2 is 2.30 bits per heavy atom. The van der Waals surface area contributed by atoms with Crippen LogP contribution in [0.25, 0.3) is 0 Å². The van der Waals surface area contributed by atoms with Crippen LogP contribution in [-0.2, 0) is 4.74 Å². The summed E-state index contributed by atoms with van der Waals surface area (Å²) < 4.78 is 5.31. The van der Waals surface area contributed by atoms with E-state index in [-0.39, 0.29) is 3.42 Å². The molecule has 108 valence electrons. The molecular formula is C18H23IO. The van der Waals surface area contributed by atoms with Crippen LogP contribution in [0.5, 0.6) is 0 Å². The fourth-order valence-corrected chi connectivity index (χ4v) is 2.78. The largest absolute Gasteiger partial charge is 0.383 e. The SMILES string of the molecule is CCC1=C(/C=C/C#CC2CC2/C=C/[C@@](C)(I)COC)C1. The first-order valence-corrected chi connectivity index (χ1v) is 8.39. The molecule has 0 amide bonds. The van der Waals surface area contributed by atoms with E-state index < -0.39 is 0 Å². The Morgan fingerprint density at radius 3 is 2.95 bits per heavy atom. The molecule has 2 rings (SSSR count). The molecule has 1 fully saturated rings. The van der Waals surface area contributed by atoms with Gasteiger partial charge < -0.3 is 4.74 Å². The minimum atomic E-state index is 0.0992. The van der Waals surface area contributed by atoms with Crippen LogP contribution in [0.1, 0.15) is 33.1 Å². The van der Waals surface area contributed by atoms with Gasteiger partial charge in [-0.1, -0.05) is 65.2 Å². The molecule has 0 bridgehead atoms. The Hall–Kier alpha value is -0.530. The molecule has 3 atom stereocenters. The Labute approximate surface area is 136 Å². The molecule has 2 aliphatic rings. The fraction of sp³-hybridized carbons (Fsp3) is 0.556. The molecule has 2 aliphatic carbocycles. The maximum Gasteiger partial charge on any atom is 0.0640 e. The average Bonchev–Trinajstić information content (AvgIpc) is 3.28. The zero-order valence-electron chi connectivity index (χ0n) is 12.6. The number of ether oxygens (including phenoxy) is 1. The molecule has 0 aromatic rings. The van der Waals surface area contributed by atoms with Crippen molar-refractivity contribution in [2.24, 2.45) is 11.8 Å². The zero-order chi connectivity index (χ0) is 14.6. The molecule has 0 aliphatic heterocycles. The average molecular weight is 382 g/mol. The third-order valence-electron chi connectivity index (χ3n) is 3.75. The highest BCUT2D eigenvalue weighted by atomic mass is 127. The number of halogens is 1. The van der Waals surface area contributed by atoms with Gasteiger partial charge in [0.25, 0.3) is 0 Å². The van der Waals surface area contributed by atoms with Gasteiger partial charge in [-0.15, -0.1) is 0 Å². The first kappa shape index (κ1) is 15.9. The van der Waals surface area contributed by atoms with Crippen molar-refractivity contribution < 1.29 is 4.74 Å². The quantitative estimate of drug-likeness (QED) is 0.280. The van der Waals surface area contributed by atoms with Crippen molar-refractivity contribution in [1.29, 1.82) is 0 Å². The molecule has 1 nitrogen and oxygen atoms in total. The second kappa shape index (κ2) is 6.95. The summed E-state index contributed by atoms with van der Waals surface area (Å²) in [6.45, 7) is 5.16. The maximum absolute atomic E-state index is 5.21. The highest BCUT2D eigenvalue weighted by molar-refractivity contribution is 14.1. The normalized spacial score (nSPS) is 27.6. The number of rotatable bonds is 6. The molecule has 0 spiro atoms. The first-order valence-electron chi connectivity index (χ1n) is 7.31. The third-order valence-corrected chi connectivity index (χ3v) is 4.42. The summed E-state index contributed by atoms with van der Waals surface area (Å²) in [6.07, 6.45) is 12.4. The Balaban J connectivity index is 1.73. The van der Waals surface area contributed by atoms with Gasteiger partial charge in [0.1, 0.15) is 0 Å². The van der Waals surface area contributed by atoms with Crippen LogP contribution >= 0.6 is 22.6 Å². The fourth-order valence-electron chi connectivity index (χ4n) is 2.26. The summed E-state index contributed by atoms with van der Waals surface area (Å²) in [7, 11) is 1.75. The predicted molar refractivity (Wildman–Crippen MR) is 93.9 cm³/mol. The van der Waals surface area contributed by atoms with Gasteiger partial charge in [-0.3, -0.25) is 0 Å². The van der Waals surface area contributed by atoms with Gasteiger partial charge in [0.15, 0.2) is 0 Å². The molecule has 0 aromatic heterocycles. The molecular weight excluding hydrogens is 359 g/mol. The second-order valence-corrected chi connectivity index (χ2v) is 8.32. The molecule has 2 unspecified atom stereocenters. The van der Waals surface area contributed by atoms with Crippen molar-refractivity contribution in [2.45, 2.75) is 36.5 Å². The number of hydrogen-bond donors (Lipinski definition) is 0. The van der Waals surface area contributed by atoms with E-state index in [4.69, 9.17) is 4.74 Å². The van der Waals surface area contributed by atoms with Crippen molar-refractivity contribution in [2.75, 3.05) is 13.7 Å². The van der Waals surface area contributed by atoms with Crippen molar-refractivity contribution in [1.82, 2.24) is 0 Å². The molecule has 0 radical (unpaired) electrons. The summed E-state index contributed by atoms with van der Waals surface area (Å²) in [4.78, 5) is 0. The number of methoxy groups -OCH3 is 1. The van der Waals surface area contributed by atoms with E-state index in [1.807, 2.05) is 6.08 Å². The monoisotopic (exact) mass is 382 g/mol. The van der Waals surface area contributed by atoms with Crippen molar-refractivity contribution >= 4 is 22.6 Å². The van der Waals surface area contributed by atoms with Gasteiger partial charge in [0.2, 0.25) is 0 Å². The van der Waals surface area contributed by atoms with Gasteiger partial charge >= 0.3 is 0 Å². The van der Waals surface area contributed by atoms with Crippen LogP contribution in [-0.4, -0.2) is 17.1 Å². The Morgan fingerprint density at radius 1 is 1.50 bits per heavy atom. The summed E-state index contributed by atoms with van der Waals surface area (Å²) in [5.74, 6) is 7.74. The van der Waals surface area contributed by atoms with E-state index in [9.17, 15) is 0 Å². The highest BCUT2D eigenvalue weighted by Gasteiger charge is 2.33. The van der Waals surface area contributed by atoms with Gasteiger partial charge in [0, 0.05) is 13.0 Å². The lowest BCUT2D eigenvalue weighted by atomic mass is 10.1. The summed E-state index contributed by atoms with van der Waals surface area (Å²) >= 11 is 2.43. The summed E-state index contributed by atoms with van der Waals surface area (Å²) in [6, 6.07) is 0. The third kappa shape index (κ3) is 5.10. The van der Waals surface area contributed by atoms with Crippen LogP contribution in [0.2, 0.25) is 0 Å². The molecule has 2 heteroatoms. The standard InChI is InChI=1S/C18H23IO/c1-4-14-11-15(14)7-5-6-8-16-12-17(16)9-10-18(2,19)13-20-3/h5,7,9-10,16-17H,4,11-13H2,1-3H3/b7-5+,10-9+/t16?,17?,18-/m1/s1. The van der Waals surface area contributed by atoms with Crippen LogP contribution in [0.3, 0.4) is 0 Å². The van der Waals surface area contributed by atoms with Gasteiger partial charge in [0.05, 0.1) is 10.0 Å². The molecule has 0 N–H and O–H groups in total. The van der Waals surface area contributed by atoms with E-state index in [0.717, 1.165) is 6.61 Å². The van der Waals surface area contributed by atoms with Crippen molar-refractivity contribution in [3.05, 3.63) is 35.5 Å². The smallest absolute Gasteiger partial charge is 0.0640 e. The molecule has 0 saturated heterocycles. The first-order chi connectivity index (χ1) is 9.55. The van der Waals surface area contributed by atoms with Crippen LogP contribution in [0.4, 0.5) is 0 Å². The summed E-state index contributed by atoms with van der Waals surface area (Å²) in [5, 5.41) is 0. The predicted octanol–water partition coefficient (Wildman–Crippen LogP) is 4.69. The van der Waals surface area contributed by atoms with Gasteiger partial charge in [-0.05, 0) is 43.8 Å². The van der Waals surface area contributed by atoms with Gasteiger partial charge in [-0.25, -0.2) is 0 Å². The Kier molecular flexibility index (Phi) is 5.51. The topological polar surface area (TPSA) is 9.23 Å². The maximum atomic E-state index is 5.21. The van der Waals surface area contributed by atoms with E-state index in [2.05, 4.69) is 66.5 Å². The zero-order valence-corrected chi connectivity index (χ0v) is 14.7. The van der Waals surface area contributed by atoms with E-state index >= 15 is 0 Å². The van der Waals surface area contributed by atoms with E-state index in [1.54, 1.807) is 12.7 Å². The number of allylic oxidation sites excluding steroid dienone is 5. The lowest BCUT2D eigenvalue weighted by Crippen LogP contribution is -2.18. The molecule has 0 aromatic carbocycles. The van der Waals surface area contributed by atoms with Crippen LogP contribution in [0.15, 0.2) is 35.5 Å². The van der Waals surface area contributed by atoms with Crippen LogP contribution < -0.4 is 0 Å². The lowest BCUT2D eigenvalue weighted by Gasteiger charge is -2.16. The number of alkyl halides is 1.